The summed E-state index contributed by atoms with van der Waals surface area (Å²) < 4.78 is 5.72. The Balaban J connectivity index is 1.40. The van der Waals surface area contributed by atoms with E-state index in [9.17, 15) is 4.79 Å². The summed E-state index contributed by atoms with van der Waals surface area (Å²) in [5.74, 6) is 3.44. The second-order valence-corrected chi connectivity index (χ2v) is 8.76. The second-order valence-electron chi connectivity index (χ2n) is 8.76. The molecule has 0 radical (unpaired) electrons. The standard InChI is InChI=1S/C22H29NO2/c1-15(2)25-20-5-3-4-16(11-20)6-7-21(24)23-22-12-17-8-18(13-22)10-19(9-17)14-22/h3-7,11,15,17-19H,8-10,12-14H2,1-2H3,(H,23,24)/b7-6+. The molecule has 3 heteroatoms. The molecule has 0 aromatic heterocycles. The predicted octanol–water partition coefficient (Wildman–Crippen LogP) is 4.57. The van der Waals surface area contributed by atoms with Gasteiger partial charge in [0.15, 0.2) is 0 Å². The van der Waals surface area contributed by atoms with Gasteiger partial charge in [-0.3, -0.25) is 4.79 Å². The monoisotopic (exact) mass is 339 g/mol. The van der Waals surface area contributed by atoms with Gasteiger partial charge in [-0.2, -0.15) is 0 Å². The van der Waals surface area contributed by atoms with Gasteiger partial charge in [0.2, 0.25) is 5.91 Å². The molecular formula is C22H29NO2. The van der Waals surface area contributed by atoms with Crippen LogP contribution in [0.5, 0.6) is 5.75 Å². The highest BCUT2D eigenvalue weighted by Gasteiger charge is 2.51. The minimum atomic E-state index is 0.0529. The Morgan fingerprint density at radius 2 is 1.80 bits per heavy atom. The molecule has 1 N–H and O–H groups in total. The van der Waals surface area contributed by atoms with Crippen molar-refractivity contribution in [3.05, 3.63) is 35.9 Å². The number of benzene rings is 1. The zero-order valence-corrected chi connectivity index (χ0v) is 15.3. The minimum Gasteiger partial charge on any atom is -0.491 e. The third-order valence-electron chi connectivity index (χ3n) is 6.08. The van der Waals surface area contributed by atoms with E-state index in [1.165, 1.54) is 38.5 Å². The molecule has 1 amide bonds. The molecule has 0 spiro atoms. The third-order valence-corrected chi connectivity index (χ3v) is 6.08. The summed E-state index contributed by atoms with van der Waals surface area (Å²) in [6.45, 7) is 4.03. The lowest BCUT2D eigenvalue weighted by atomic mass is 9.53. The van der Waals surface area contributed by atoms with Gasteiger partial charge in [-0.05, 0) is 93.9 Å². The normalized spacial score (nSPS) is 33.2. The van der Waals surface area contributed by atoms with Crippen LogP contribution in [0.3, 0.4) is 0 Å². The molecular weight excluding hydrogens is 310 g/mol. The molecule has 0 aliphatic heterocycles. The first-order valence-electron chi connectivity index (χ1n) is 9.77. The maximum absolute atomic E-state index is 12.5. The number of hydrogen-bond donors (Lipinski definition) is 1. The maximum atomic E-state index is 12.5. The van der Waals surface area contributed by atoms with Crippen LogP contribution in [-0.2, 0) is 4.79 Å². The van der Waals surface area contributed by atoms with Crippen molar-refractivity contribution in [2.75, 3.05) is 0 Å². The summed E-state index contributed by atoms with van der Waals surface area (Å²) in [4.78, 5) is 12.5. The first-order valence-corrected chi connectivity index (χ1v) is 9.77. The Bertz CT molecular complexity index is 641. The minimum absolute atomic E-state index is 0.0529. The van der Waals surface area contributed by atoms with E-state index in [1.54, 1.807) is 6.08 Å². The summed E-state index contributed by atoms with van der Waals surface area (Å²) in [7, 11) is 0. The first kappa shape index (κ1) is 16.7. The van der Waals surface area contributed by atoms with E-state index < -0.39 is 0 Å². The van der Waals surface area contributed by atoms with E-state index in [2.05, 4.69) is 5.32 Å². The van der Waals surface area contributed by atoms with Crippen molar-refractivity contribution in [3.63, 3.8) is 0 Å². The first-order chi connectivity index (χ1) is 12.0. The topological polar surface area (TPSA) is 38.3 Å². The molecule has 4 fully saturated rings. The van der Waals surface area contributed by atoms with E-state index in [4.69, 9.17) is 4.74 Å². The molecule has 0 heterocycles. The lowest BCUT2D eigenvalue weighted by Gasteiger charge is -2.56. The highest BCUT2D eigenvalue weighted by Crippen LogP contribution is 2.55. The van der Waals surface area contributed by atoms with Crippen molar-refractivity contribution in [2.24, 2.45) is 17.8 Å². The van der Waals surface area contributed by atoms with Gasteiger partial charge in [-0.15, -0.1) is 0 Å². The van der Waals surface area contributed by atoms with Crippen LogP contribution in [0.25, 0.3) is 6.08 Å². The van der Waals surface area contributed by atoms with Crippen molar-refractivity contribution in [1.82, 2.24) is 5.32 Å². The summed E-state index contributed by atoms with van der Waals surface area (Å²) in [5, 5.41) is 3.38. The fourth-order valence-corrected chi connectivity index (χ4v) is 5.70. The molecule has 0 atom stereocenters. The van der Waals surface area contributed by atoms with Gasteiger partial charge in [-0.25, -0.2) is 0 Å². The lowest BCUT2D eigenvalue weighted by molar-refractivity contribution is -0.122. The highest BCUT2D eigenvalue weighted by molar-refractivity contribution is 5.92. The number of hydrogen-bond acceptors (Lipinski definition) is 2. The van der Waals surface area contributed by atoms with Crippen molar-refractivity contribution >= 4 is 12.0 Å². The maximum Gasteiger partial charge on any atom is 0.244 e. The van der Waals surface area contributed by atoms with Gasteiger partial charge in [0.25, 0.3) is 0 Å². The van der Waals surface area contributed by atoms with Crippen LogP contribution < -0.4 is 10.1 Å². The van der Waals surface area contributed by atoms with Crippen molar-refractivity contribution in [1.29, 1.82) is 0 Å². The van der Waals surface area contributed by atoms with Crippen LogP contribution in [0, 0.1) is 17.8 Å². The molecule has 25 heavy (non-hydrogen) atoms. The molecule has 3 nitrogen and oxygen atoms in total. The smallest absolute Gasteiger partial charge is 0.244 e. The van der Waals surface area contributed by atoms with E-state index in [-0.39, 0.29) is 17.6 Å². The summed E-state index contributed by atoms with van der Waals surface area (Å²) >= 11 is 0. The van der Waals surface area contributed by atoms with Gasteiger partial charge in [0.1, 0.15) is 5.75 Å². The Hall–Kier alpha value is -1.77. The third kappa shape index (κ3) is 3.75. The van der Waals surface area contributed by atoms with Gasteiger partial charge in [-0.1, -0.05) is 12.1 Å². The number of amides is 1. The van der Waals surface area contributed by atoms with Crippen LogP contribution in [0.15, 0.2) is 30.3 Å². The second kappa shape index (κ2) is 6.51. The predicted molar refractivity (Wildman–Crippen MR) is 100 cm³/mol. The Labute approximate surface area is 150 Å². The van der Waals surface area contributed by atoms with Crippen LogP contribution >= 0.6 is 0 Å². The number of rotatable bonds is 5. The Morgan fingerprint density at radius 3 is 2.40 bits per heavy atom. The van der Waals surface area contributed by atoms with Crippen molar-refractivity contribution in [3.8, 4) is 5.75 Å². The number of ether oxygens (including phenoxy) is 1. The van der Waals surface area contributed by atoms with Crippen LogP contribution in [0.4, 0.5) is 0 Å². The fraction of sp³-hybridized carbons (Fsp3) is 0.591. The van der Waals surface area contributed by atoms with Crippen molar-refractivity contribution in [2.45, 2.75) is 64.0 Å². The highest BCUT2D eigenvalue weighted by atomic mass is 16.5. The van der Waals surface area contributed by atoms with E-state index in [0.29, 0.717) is 0 Å². The van der Waals surface area contributed by atoms with Gasteiger partial charge in [0.05, 0.1) is 6.10 Å². The molecule has 4 bridgehead atoms. The Morgan fingerprint density at radius 1 is 1.16 bits per heavy atom. The van der Waals surface area contributed by atoms with Gasteiger partial charge < -0.3 is 10.1 Å². The molecule has 4 aliphatic carbocycles. The number of carbonyl (C=O) groups is 1. The Kier molecular flexibility index (Phi) is 4.35. The molecule has 0 unspecified atom stereocenters. The fourth-order valence-electron chi connectivity index (χ4n) is 5.70. The summed E-state index contributed by atoms with van der Waals surface area (Å²) in [6.07, 6.45) is 11.5. The molecule has 1 aromatic rings. The largest absolute Gasteiger partial charge is 0.491 e. The number of nitrogens with one attached hydrogen (secondary N) is 1. The molecule has 4 saturated carbocycles. The molecule has 4 aliphatic rings. The quantitative estimate of drug-likeness (QED) is 0.798. The van der Waals surface area contributed by atoms with Gasteiger partial charge in [0, 0.05) is 11.6 Å². The molecule has 134 valence electrons. The van der Waals surface area contributed by atoms with E-state index >= 15 is 0 Å². The average Bonchev–Trinajstić information content (AvgIpc) is 2.51. The average molecular weight is 339 g/mol. The summed E-state index contributed by atoms with van der Waals surface area (Å²) in [6, 6.07) is 7.90. The SMILES string of the molecule is CC(C)Oc1cccc(/C=C/C(=O)NC23CC4CC(CC(C4)C2)C3)c1. The molecule has 1 aromatic carbocycles. The number of carbonyl (C=O) groups excluding carboxylic acids is 1. The van der Waals surface area contributed by atoms with E-state index in [0.717, 1.165) is 29.1 Å². The lowest BCUT2D eigenvalue weighted by Crippen LogP contribution is -2.59. The van der Waals surface area contributed by atoms with Crippen LogP contribution in [0.2, 0.25) is 0 Å². The van der Waals surface area contributed by atoms with Crippen molar-refractivity contribution < 1.29 is 9.53 Å². The zero-order valence-electron chi connectivity index (χ0n) is 15.3. The zero-order chi connectivity index (χ0) is 17.4. The molecule has 5 rings (SSSR count). The summed E-state index contributed by atoms with van der Waals surface area (Å²) in [5.41, 5.74) is 1.08. The molecule has 0 saturated heterocycles. The van der Waals surface area contributed by atoms with Crippen LogP contribution in [-0.4, -0.2) is 17.6 Å². The van der Waals surface area contributed by atoms with E-state index in [1.807, 2.05) is 44.2 Å². The van der Waals surface area contributed by atoms with Gasteiger partial charge >= 0.3 is 0 Å². The van der Waals surface area contributed by atoms with Crippen LogP contribution in [0.1, 0.15) is 57.9 Å².